The van der Waals surface area contributed by atoms with Crippen molar-refractivity contribution >= 4 is 22.7 Å². The van der Waals surface area contributed by atoms with E-state index in [-0.39, 0.29) is 11.8 Å². The number of nitrogens with one attached hydrogen (secondary N) is 2. The number of aromatic nitrogens is 1. The van der Waals surface area contributed by atoms with Crippen molar-refractivity contribution in [3.05, 3.63) is 70.4 Å². The summed E-state index contributed by atoms with van der Waals surface area (Å²) in [4.78, 5) is 32.9. The molecule has 0 aliphatic carbocycles. The highest BCUT2D eigenvalue weighted by molar-refractivity contribution is 6.06. The van der Waals surface area contributed by atoms with Crippen molar-refractivity contribution in [1.82, 2.24) is 20.1 Å². The third-order valence-corrected chi connectivity index (χ3v) is 6.03. The number of nitrogens with zero attached hydrogens (tertiary/aromatic N) is 2. The van der Waals surface area contributed by atoms with Crippen LogP contribution in [-0.2, 0) is 6.54 Å². The highest BCUT2D eigenvalue weighted by atomic mass is 16.2. The molecule has 2 aromatic carbocycles. The van der Waals surface area contributed by atoms with Gasteiger partial charge in [-0.1, -0.05) is 24.3 Å². The fourth-order valence-electron chi connectivity index (χ4n) is 3.91. The Morgan fingerprint density at radius 1 is 1.00 bits per heavy atom. The minimum Gasteiger partial charge on any atom is -0.358 e. The van der Waals surface area contributed by atoms with Crippen LogP contribution in [0.2, 0.25) is 0 Å². The number of carbonyl (C=O) groups is 2. The number of H-pyrrole nitrogens is 1. The normalized spacial score (nSPS) is 14.8. The number of aromatic amines is 1. The van der Waals surface area contributed by atoms with E-state index >= 15 is 0 Å². The first kappa shape index (κ1) is 20.2. The molecule has 30 heavy (non-hydrogen) atoms. The van der Waals surface area contributed by atoms with Crippen LogP contribution < -0.4 is 5.32 Å². The summed E-state index contributed by atoms with van der Waals surface area (Å²) in [5, 5.41) is 4.07. The number of amides is 2. The van der Waals surface area contributed by atoms with E-state index in [0.717, 1.165) is 48.3 Å². The molecule has 1 aliphatic rings. The number of fused-ring (bicyclic) bond motifs is 1. The fraction of sp³-hybridized carbons (Fsp3) is 0.333. The molecule has 0 spiro atoms. The third kappa shape index (κ3) is 3.96. The molecule has 0 unspecified atom stereocenters. The summed E-state index contributed by atoms with van der Waals surface area (Å²) < 4.78 is 0. The Balaban J connectivity index is 1.40. The zero-order valence-corrected chi connectivity index (χ0v) is 17.8. The molecule has 2 heterocycles. The van der Waals surface area contributed by atoms with E-state index in [1.54, 1.807) is 0 Å². The summed E-state index contributed by atoms with van der Waals surface area (Å²) in [6.07, 6.45) is 0. The number of para-hydroxylation sites is 1. The maximum atomic E-state index is 12.8. The summed E-state index contributed by atoms with van der Waals surface area (Å²) in [5.74, 6) is -0.0395. The van der Waals surface area contributed by atoms with E-state index in [0.29, 0.717) is 17.7 Å². The van der Waals surface area contributed by atoms with Gasteiger partial charge in [0.2, 0.25) is 0 Å². The lowest BCUT2D eigenvalue weighted by molar-refractivity contribution is 0.0664. The van der Waals surface area contributed by atoms with Crippen molar-refractivity contribution in [2.45, 2.75) is 20.4 Å². The van der Waals surface area contributed by atoms with Crippen LogP contribution in [0.4, 0.5) is 0 Å². The van der Waals surface area contributed by atoms with Crippen LogP contribution in [0.25, 0.3) is 10.9 Å². The van der Waals surface area contributed by atoms with Crippen molar-refractivity contribution in [2.24, 2.45) is 0 Å². The van der Waals surface area contributed by atoms with E-state index in [2.05, 4.69) is 29.2 Å². The molecule has 6 nitrogen and oxygen atoms in total. The standard InChI is InChI=1S/C24H28N4O2/c1-16-17(2)26-22-20(16)5-4-6-21(22)23(29)25-15-18-7-9-19(10-8-18)24(30)28-13-11-27(3)12-14-28/h4-10,26H,11-15H2,1-3H3,(H,25,29). The first-order valence-corrected chi connectivity index (χ1v) is 10.4. The van der Waals surface area contributed by atoms with E-state index in [9.17, 15) is 9.59 Å². The Hall–Kier alpha value is -3.12. The van der Waals surface area contributed by atoms with E-state index in [1.165, 1.54) is 5.56 Å². The first-order chi connectivity index (χ1) is 14.4. The lowest BCUT2D eigenvalue weighted by Gasteiger charge is -2.32. The van der Waals surface area contributed by atoms with Crippen molar-refractivity contribution in [3.63, 3.8) is 0 Å². The predicted molar refractivity (Wildman–Crippen MR) is 119 cm³/mol. The highest BCUT2D eigenvalue weighted by Crippen LogP contribution is 2.24. The molecule has 3 aromatic rings. The van der Waals surface area contributed by atoms with Gasteiger partial charge in [-0.15, -0.1) is 0 Å². The fourth-order valence-corrected chi connectivity index (χ4v) is 3.91. The van der Waals surface area contributed by atoms with Gasteiger partial charge in [0.15, 0.2) is 0 Å². The minimum atomic E-state index is -0.112. The zero-order chi connectivity index (χ0) is 21.3. The van der Waals surface area contributed by atoms with Crippen LogP contribution in [0, 0.1) is 13.8 Å². The quantitative estimate of drug-likeness (QED) is 0.702. The number of hydrogen-bond acceptors (Lipinski definition) is 3. The smallest absolute Gasteiger partial charge is 0.253 e. The Kier molecular flexibility index (Phi) is 5.59. The number of hydrogen-bond donors (Lipinski definition) is 2. The van der Waals surface area contributed by atoms with E-state index in [1.807, 2.05) is 54.3 Å². The average molecular weight is 405 g/mol. The number of carbonyl (C=O) groups excluding carboxylic acids is 2. The Bertz CT molecular complexity index is 1080. The average Bonchev–Trinajstić information content (AvgIpc) is 3.06. The van der Waals surface area contributed by atoms with Gasteiger partial charge in [0, 0.05) is 49.4 Å². The number of rotatable bonds is 4. The lowest BCUT2D eigenvalue weighted by Crippen LogP contribution is -2.47. The Morgan fingerprint density at radius 2 is 1.70 bits per heavy atom. The summed E-state index contributed by atoms with van der Waals surface area (Å²) >= 11 is 0. The molecule has 4 rings (SSSR count). The van der Waals surface area contributed by atoms with Gasteiger partial charge in [0.1, 0.15) is 0 Å². The van der Waals surface area contributed by atoms with Gasteiger partial charge in [0.25, 0.3) is 11.8 Å². The molecule has 0 bridgehead atoms. The second-order valence-corrected chi connectivity index (χ2v) is 8.08. The van der Waals surface area contributed by atoms with Crippen molar-refractivity contribution < 1.29 is 9.59 Å². The van der Waals surface area contributed by atoms with Crippen molar-refractivity contribution in [1.29, 1.82) is 0 Å². The molecule has 2 amide bonds. The van der Waals surface area contributed by atoms with Crippen LogP contribution in [0.3, 0.4) is 0 Å². The molecule has 2 N–H and O–H groups in total. The summed E-state index contributed by atoms with van der Waals surface area (Å²) in [6, 6.07) is 13.3. The van der Waals surface area contributed by atoms with Crippen LogP contribution in [0.5, 0.6) is 0 Å². The molecule has 1 aromatic heterocycles. The number of likely N-dealkylation sites (N-methyl/N-ethyl adjacent to an activating group) is 1. The second kappa shape index (κ2) is 8.32. The molecule has 0 radical (unpaired) electrons. The summed E-state index contributed by atoms with van der Waals surface area (Å²) in [7, 11) is 2.07. The maximum absolute atomic E-state index is 12.8. The second-order valence-electron chi connectivity index (χ2n) is 8.08. The van der Waals surface area contributed by atoms with Gasteiger partial charge < -0.3 is 20.1 Å². The van der Waals surface area contributed by atoms with Crippen LogP contribution >= 0.6 is 0 Å². The Labute approximate surface area is 176 Å². The third-order valence-electron chi connectivity index (χ3n) is 6.03. The predicted octanol–water partition coefficient (Wildman–Crippen LogP) is 3.10. The number of aryl methyl sites for hydroxylation is 2. The molecule has 0 saturated carbocycles. The van der Waals surface area contributed by atoms with Crippen LogP contribution in [-0.4, -0.2) is 59.8 Å². The Morgan fingerprint density at radius 3 is 2.40 bits per heavy atom. The van der Waals surface area contributed by atoms with E-state index in [4.69, 9.17) is 0 Å². The molecular formula is C24H28N4O2. The summed E-state index contributed by atoms with van der Waals surface area (Å²) in [5.41, 5.74) is 5.41. The lowest BCUT2D eigenvalue weighted by atomic mass is 10.1. The molecule has 1 saturated heterocycles. The molecule has 0 atom stereocenters. The number of piperazine rings is 1. The monoisotopic (exact) mass is 404 g/mol. The summed E-state index contributed by atoms with van der Waals surface area (Å²) in [6.45, 7) is 7.82. The van der Waals surface area contributed by atoms with Crippen LogP contribution in [0.15, 0.2) is 42.5 Å². The molecule has 6 heteroatoms. The van der Waals surface area contributed by atoms with Crippen molar-refractivity contribution in [3.8, 4) is 0 Å². The van der Waals surface area contributed by atoms with Gasteiger partial charge in [0.05, 0.1) is 11.1 Å². The number of benzene rings is 2. The molecule has 156 valence electrons. The van der Waals surface area contributed by atoms with Gasteiger partial charge in [-0.05, 0) is 50.2 Å². The van der Waals surface area contributed by atoms with E-state index < -0.39 is 0 Å². The zero-order valence-electron chi connectivity index (χ0n) is 17.8. The van der Waals surface area contributed by atoms with Gasteiger partial charge in [-0.3, -0.25) is 9.59 Å². The molecule has 1 aliphatic heterocycles. The molecule has 1 fully saturated rings. The van der Waals surface area contributed by atoms with Gasteiger partial charge in [-0.25, -0.2) is 0 Å². The largest absolute Gasteiger partial charge is 0.358 e. The topological polar surface area (TPSA) is 68.4 Å². The SMILES string of the molecule is Cc1[nH]c2c(C(=O)NCc3ccc(C(=O)N4CCN(C)CC4)cc3)cccc2c1C. The van der Waals surface area contributed by atoms with Gasteiger partial charge in [-0.2, -0.15) is 0 Å². The minimum absolute atomic E-state index is 0.0721. The van der Waals surface area contributed by atoms with Gasteiger partial charge >= 0.3 is 0 Å². The first-order valence-electron chi connectivity index (χ1n) is 10.4. The highest BCUT2D eigenvalue weighted by Gasteiger charge is 2.20. The maximum Gasteiger partial charge on any atom is 0.253 e. The molecular weight excluding hydrogens is 376 g/mol. The van der Waals surface area contributed by atoms with Crippen molar-refractivity contribution in [2.75, 3.05) is 33.2 Å². The van der Waals surface area contributed by atoms with Crippen LogP contribution in [0.1, 0.15) is 37.5 Å².